The van der Waals surface area contributed by atoms with Gasteiger partial charge in [0.15, 0.2) is 16.5 Å². The molecule has 7 nitrogen and oxygen atoms in total. The summed E-state index contributed by atoms with van der Waals surface area (Å²) in [6, 6.07) is 4.51. The molecule has 1 fully saturated rings. The molecule has 1 amide bonds. The number of aromatic nitrogens is 4. The van der Waals surface area contributed by atoms with Gasteiger partial charge >= 0.3 is 6.18 Å². The van der Waals surface area contributed by atoms with Crippen molar-refractivity contribution in [1.29, 1.82) is 0 Å². The van der Waals surface area contributed by atoms with E-state index >= 15 is 0 Å². The number of carbonyl (C=O) groups is 1. The number of anilines is 1. The highest BCUT2D eigenvalue weighted by atomic mass is 32.1. The normalized spacial score (nSPS) is 15.0. The Bertz CT molecular complexity index is 1010. The van der Waals surface area contributed by atoms with Crippen LogP contribution in [0.5, 0.6) is 0 Å². The highest BCUT2D eigenvalue weighted by molar-refractivity contribution is 7.13. The van der Waals surface area contributed by atoms with Crippen molar-refractivity contribution in [2.75, 3.05) is 31.1 Å². The van der Waals surface area contributed by atoms with Crippen LogP contribution >= 0.6 is 11.3 Å². The molecule has 1 aliphatic heterocycles. The van der Waals surface area contributed by atoms with E-state index in [4.69, 9.17) is 0 Å². The minimum atomic E-state index is -4.90. The first-order valence-electron chi connectivity index (χ1n) is 8.57. The van der Waals surface area contributed by atoms with Crippen LogP contribution < -0.4 is 4.90 Å². The fourth-order valence-electron chi connectivity index (χ4n) is 3.09. The predicted molar refractivity (Wildman–Crippen MR) is 96.5 cm³/mol. The smallest absolute Gasteiger partial charge is 0.345 e. The van der Waals surface area contributed by atoms with Crippen LogP contribution in [0.4, 0.5) is 22.7 Å². The highest BCUT2D eigenvalue weighted by Crippen LogP contribution is 2.33. The van der Waals surface area contributed by atoms with Gasteiger partial charge in [0.05, 0.1) is 5.69 Å². The van der Waals surface area contributed by atoms with Crippen LogP contribution in [0.1, 0.15) is 16.2 Å². The second-order valence-corrected chi connectivity index (χ2v) is 7.14. The van der Waals surface area contributed by atoms with Gasteiger partial charge in [0.2, 0.25) is 0 Å². The maximum absolute atomic E-state index is 13.7. The molecule has 29 heavy (non-hydrogen) atoms. The van der Waals surface area contributed by atoms with Crippen molar-refractivity contribution < 1.29 is 22.4 Å². The number of hydrogen-bond donors (Lipinski definition) is 0. The number of benzene rings is 1. The third-order valence-corrected chi connectivity index (χ3v) is 5.28. The van der Waals surface area contributed by atoms with Crippen LogP contribution in [-0.4, -0.2) is 57.0 Å². The molecule has 0 bridgehead atoms. The van der Waals surface area contributed by atoms with Crippen LogP contribution in [0, 0.1) is 5.82 Å². The van der Waals surface area contributed by atoms with Gasteiger partial charge in [-0.05, 0) is 18.2 Å². The maximum Gasteiger partial charge on any atom is 0.435 e. The molecule has 1 saturated heterocycles. The van der Waals surface area contributed by atoms with Crippen LogP contribution in [0.3, 0.4) is 0 Å². The van der Waals surface area contributed by atoms with Gasteiger partial charge < -0.3 is 9.80 Å². The fourth-order valence-corrected chi connectivity index (χ4v) is 3.79. The molecule has 1 aliphatic rings. The van der Waals surface area contributed by atoms with Crippen LogP contribution in [0.2, 0.25) is 0 Å². The largest absolute Gasteiger partial charge is 0.435 e. The number of nitrogens with zero attached hydrogens (tertiary/aromatic N) is 6. The highest BCUT2D eigenvalue weighted by Gasteiger charge is 2.43. The van der Waals surface area contributed by atoms with Gasteiger partial charge in [-0.2, -0.15) is 13.2 Å². The summed E-state index contributed by atoms with van der Waals surface area (Å²) in [5.74, 6) is -1.59. The summed E-state index contributed by atoms with van der Waals surface area (Å²) in [4.78, 5) is 20.2. The van der Waals surface area contributed by atoms with Crippen molar-refractivity contribution in [1.82, 2.24) is 24.9 Å². The lowest BCUT2D eigenvalue weighted by molar-refractivity contribution is -0.143. The zero-order chi connectivity index (χ0) is 20.6. The topological polar surface area (TPSA) is 67.2 Å². The van der Waals surface area contributed by atoms with Gasteiger partial charge in [-0.15, -0.1) is 16.4 Å². The molecule has 3 aromatic rings. The number of amides is 1. The molecule has 4 rings (SSSR count). The molecule has 3 heterocycles. The minimum absolute atomic E-state index is 0.169. The van der Waals surface area contributed by atoms with Crippen LogP contribution in [0.15, 0.2) is 35.8 Å². The summed E-state index contributed by atoms with van der Waals surface area (Å²) >= 11 is 1.45. The van der Waals surface area contributed by atoms with Crippen LogP contribution in [-0.2, 0) is 6.18 Å². The maximum atomic E-state index is 13.7. The SMILES string of the molecule is O=C(c1nnn(-c2cccc(F)c2)c1C(F)(F)F)N1CCN(c2nccs2)CC1. The lowest BCUT2D eigenvalue weighted by atomic mass is 10.2. The zero-order valence-electron chi connectivity index (χ0n) is 14.8. The summed E-state index contributed by atoms with van der Waals surface area (Å²) in [5, 5.41) is 9.59. The molecular formula is C17H14F4N6OS. The molecule has 2 aromatic heterocycles. The monoisotopic (exact) mass is 426 g/mol. The summed E-state index contributed by atoms with van der Waals surface area (Å²) in [5.41, 5.74) is -2.29. The Morgan fingerprint density at radius 1 is 1.14 bits per heavy atom. The first-order chi connectivity index (χ1) is 13.8. The molecule has 0 N–H and O–H groups in total. The van der Waals surface area contributed by atoms with Gasteiger partial charge in [-0.1, -0.05) is 11.3 Å². The third kappa shape index (κ3) is 3.79. The Hall–Kier alpha value is -3.02. The van der Waals surface area contributed by atoms with E-state index < -0.39 is 29.3 Å². The molecular weight excluding hydrogens is 412 g/mol. The average Bonchev–Trinajstić information content (AvgIpc) is 3.37. The average molecular weight is 426 g/mol. The Labute approximate surface area is 166 Å². The van der Waals surface area contributed by atoms with E-state index in [9.17, 15) is 22.4 Å². The quantitative estimate of drug-likeness (QED) is 0.603. The van der Waals surface area contributed by atoms with Crippen molar-refractivity contribution in [2.24, 2.45) is 0 Å². The molecule has 1 aromatic carbocycles. The molecule has 152 valence electrons. The Kier molecular flexibility index (Phi) is 4.94. The lowest BCUT2D eigenvalue weighted by Gasteiger charge is -2.34. The van der Waals surface area contributed by atoms with Gasteiger partial charge in [-0.25, -0.2) is 14.1 Å². The van der Waals surface area contributed by atoms with Crippen molar-refractivity contribution in [3.8, 4) is 5.69 Å². The van der Waals surface area contributed by atoms with Crippen LogP contribution in [0.25, 0.3) is 5.69 Å². The molecule has 0 radical (unpaired) electrons. The molecule has 12 heteroatoms. The number of halogens is 4. The van der Waals surface area contributed by atoms with E-state index in [1.807, 2.05) is 10.3 Å². The van der Waals surface area contributed by atoms with E-state index in [2.05, 4.69) is 15.3 Å². The van der Waals surface area contributed by atoms with Crippen molar-refractivity contribution in [3.05, 3.63) is 53.0 Å². The summed E-state index contributed by atoms with van der Waals surface area (Å²) in [7, 11) is 0. The Morgan fingerprint density at radius 2 is 1.90 bits per heavy atom. The van der Waals surface area contributed by atoms with Gasteiger partial charge in [-0.3, -0.25) is 4.79 Å². The molecule has 0 spiro atoms. The number of rotatable bonds is 3. The van der Waals surface area contributed by atoms with Gasteiger partial charge in [0.25, 0.3) is 5.91 Å². The number of hydrogen-bond acceptors (Lipinski definition) is 6. The first-order valence-corrected chi connectivity index (χ1v) is 9.45. The minimum Gasteiger partial charge on any atom is -0.345 e. The van der Waals surface area contributed by atoms with E-state index in [1.165, 1.54) is 28.4 Å². The van der Waals surface area contributed by atoms with Gasteiger partial charge in [0, 0.05) is 37.8 Å². The summed E-state index contributed by atoms with van der Waals surface area (Å²) < 4.78 is 55.1. The number of carbonyl (C=O) groups excluding carboxylic acids is 1. The van der Waals surface area contributed by atoms with E-state index in [0.29, 0.717) is 17.8 Å². The Morgan fingerprint density at radius 3 is 2.52 bits per heavy atom. The predicted octanol–water partition coefficient (Wildman–Crippen LogP) is 2.84. The van der Waals surface area contributed by atoms with Gasteiger partial charge in [0.1, 0.15) is 5.82 Å². The van der Waals surface area contributed by atoms with E-state index in [0.717, 1.165) is 17.3 Å². The zero-order valence-corrected chi connectivity index (χ0v) is 15.6. The second-order valence-electron chi connectivity index (χ2n) is 6.27. The van der Waals surface area contributed by atoms with Crippen molar-refractivity contribution >= 4 is 22.4 Å². The third-order valence-electron chi connectivity index (χ3n) is 4.45. The number of thiazole rings is 1. The molecule has 0 saturated carbocycles. The molecule has 0 atom stereocenters. The second kappa shape index (κ2) is 7.43. The number of alkyl halides is 3. The lowest BCUT2D eigenvalue weighted by Crippen LogP contribution is -2.49. The molecule has 0 aliphatic carbocycles. The summed E-state index contributed by atoms with van der Waals surface area (Å²) in [6.07, 6.45) is -3.23. The van der Waals surface area contributed by atoms with E-state index in [1.54, 1.807) is 6.20 Å². The Balaban J connectivity index is 1.61. The number of piperazine rings is 1. The first kappa shape index (κ1) is 19.3. The fraction of sp³-hybridized carbons (Fsp3) is 0.294. The molecule has 0 unspecified atom stereocenters. The standard InChI is InChI=1S/C17H14F4N6OS/c18-11-2-1-3-12(10-11)27-14(17(19,20)21)13(23-24-27)15(28)25-5-7-26(8-6-25)16-22-4-9-29-16/h1-4,9-10H,5-8H2. The van der Waals surface area contributed by atoms with Crippen molar-refractivity contribution in [2.45, 2.75) is 6.18 Å². The van der Waals surface area contributed by atoms with E-state index in [-0.39, 0.29) is 18.8 Å². The van der Waals surface area contributed by atoms with Crippen molar-refractivity contribution in [3.63, 3.8) is 0 Å². The summed E-state index contributed by atoms with van der Waals surface area (Å²) in [6.45, 7) is 1.34.